The number of benzene rings is 1. The van der Waals surface area contributed by atoms with Crippen molar-refractivity contribution in [2.75, 3.05) is 26.3 Å². The van der Waals surface area contributed by atoms with Crippen LogP contribution in [0.25, 0.3) is 0 Å². The van der Waals surface area contributed by atoms with Crippen LogP contribution >= 0.6 is 0 Å². The molecule has 1 saturated carbocycles. The highest BCUT2D eigenvalue weighted by Crippen LogP contribution is 2.48. The minimum Gasteiger partial charge on any atom is -0.385 e. The Balaban J connectivity index is 1.77. The molecule has 1 saturated heterocycles. The number of rotatable bonds is 4. The van der Waals surface area contributed by atoms with Crippen molar-refractivity contribution in [1.82, 2.24) is 4.90 Å². The van der Waals surface area contributed by atoms with E-state index in [4.69, 9.17) is 4.74 Å². The summed E-state index contributed by atoms with van der Waals surface area (Å²) >= 11 is 0. The van der Waals surface area contributed by atoms with Crippen LogP contribution in [0.1, 0.15) is 31.7 Å². The van der Waals surface area contributed by atoms with Gasteiger partial charge >= 0.3 is 0 Å². The van der Waals surface area contributed by atoms with Crippen molar-refractivity contribution < 1.29 is 14.6 Å². The Hall–Kier alpha value is -1.39. The zero-order valence-corrected chi connectivity index (χ0v) is 13.2. The van der Waals surface area contributed by atoms with Gasteiger partial charge in [-0.1, -0.05) is 30.3 Å². The molecule has 0 unspecified atom stereocenters. The first-order valence-electron chi connectivity index (χ1n) is 8.28. The predicted octanol–water partition coefficient (Wildman–Crippen LogP) is 2.17. The Labute approximate surface area is 132 Å². The minimum absolute atomic E-state index is 0.0478. The molecular formula is C18H25NO3. The number of hydrogen-bond donors (Lipinski definition) is 1. The molecule has 4 heteroatoms. The number of hydrogen-bond acceptors (Lipinski definition) is 3. The molecule has 0 spiro atoms. The highest BCUT2D eigenvalue weighted by Gasteiger charge is 2.50. The van der Waals surface area contributed by atoms with Gasteiger partial charge in [-0.3, -0.25) is 4.79 Å². The minimum atomic E-state index is -0.801. The molecule has 2 fully saturated rings. The van der Waals surface area contributed by atoms with E-state index in [1.807, 2.05) is 42.2 Å². The lowest BCUT2D eigenvalue weighted by molar-refractivity contribution is -0.135. The van der Waals surface area contributed by atoms with Gasteiger partial charge < -0.3 is 14.7 Å². The number of aliphatic hydroxyl groups is 1. The quantitative estimate of drug-likeness (QED) is 0.927. The van der Waals surface area contributed by atoms with Gasteiger partial charge in [0.1, 0.15) is 6.61 Å². The van der Waals surface area contributed by atoms with E-state index in [1.165, 1.54) is 0 Å². The van der Waals surface area contributed by atoms with Crippen molar-refractivity contribution in [3.63, 3.8) is 0 Å². The molecule has 3 rings (SSSR count). The van der Waals surface area contributed by atoms with Crippen molar-refractivity contribution in [3.8, 4) is 0 Å². The first kappa shape index (κ1) is 15.5. The molecule has 0 bridgehead atoms. The molecule has 22 heavy (non-hydrogen) atoms. The molecule has 1 aliphatic carbocycles. The van der Waals surface area contributed by atoms with Crippen LogP contribution in [-0.4, -0.2) is 42.2 Å². The van der Waals surface area contributed by atoms with Crippen molar-refractivity contribution >= 4 is 5.91 Å². The van der Waals surface area contributed by atoms with Crippen LogP contribution in [0.4, 0.5) is 0 Å². The Bertz CT molecular complexity index is 518. The average molecular weight is 303 g/mol. The molecule has 4 nitrogen and oxygen atoms in total. The van der Waals surface area contributed by atoms with E-state index in [2.05, 4.69) is 0 Å². The van der Waals surface area contributed by atoms with Crippen molar-refractivity contribution in [3.05, 3.63) is 35.9 Å². The number of likely N-dealkylation sites (tertiary alicyclic amines) is 1. The second kappa shape index (κ2) is 6.39. The first-order chi connectivity index (χ1) is 10.6. The van der Waals surface area contributed by atoms with Gasteiger partial charge in [-0.25, -0.2) is 0 Å². The topological polar surface area (TPSA) is 49.8 Å². The van der Waals surface area contributed by atoms with Gasteiger partial charge in [0.25, 0.3) is 0 Å². The maximum absolute atomic E-state index is 12.2. The number of ether oxygens (including phenoxy) is 1. The molecule has 120 valence electrons. The lowest BCUT2D eigenvalue weighted by Gasteiger charge is -2.41. The Kier molecular flexibility index (Phi) is 4.50. The molecule has 2 aliphatic rings. The normalized spacial score (nSPS) is 31.1. The number of fused-ring (bicyclic) bond motifs is 1. The fourth-order valence-electron chi connectivity index (χ4n) is 4.09. The van der Waals surface area contributed by atoms with Crippen LogP contribution in [0.15, 0.2) is 30.3 Å². The van der Waals surface area contributed by atoms with E-state index in [9.17, 15) is 9.90 Å². The van der Waals surface area contributed by atoms with E-state index < -0.39 is 5.60 Å². The molecule has 0 aromatic heterocycles. The molecule has 1 aromatic rings. The molecule has 3 atom stereocenters. The molecular weight excluding hydrogens is 278 g/mol. The van der Waals surface area contributed by atoms with E-state index in [1.54, 1.807) is 0 Å². The van der Waals surface area contributed by atoms with Crippen LogP contribution in [0.2, 0.25) is 0 Å². The van der Waals surface area contributed by atoms with Crippen LogP contribution in [-0.2, 0) is 15.1 Å². The molecule has 1 aromatic carbocycles. The summed E-state index contributed by atoms with van der Waals surface area (Å²) in [5, 5.41) is 11.3. The zero-order chi connectivity index (χ0) is 15.6. The SMILES string of the molecule is CCOCC(=O)N1C[C@@H]2CCC[C@@](O)(c3ccccc3)[C@@H]2C1. The third-order valence-corrected chi connectivity index (χ3v) is 5.24. The second-order valence-electron chi connectivity index (χ2n) is 6.48. The van der Waals surface area contributed by atoms with Crippen molar-refractivity contribution in [1.29, 1.82) is 0 Å². The highest BCUT2D eigenvalue weighted by molar-refractivity contribution is 5.77. The van der Waals surface area contributed by atoms with Crippen molar-refractivity contribution in [2.45, 2.75) is 31.8 Å². The summed E-state index contributed by atoms with van der Waals surface area (Å²) in [6, 6.07) is 9.94. The van der Waals surface area contributed by atoms with Gasteiger partial charge in [0.15, 0.2) is 0 Å². The summed E-state index contributed by atoms with van der Waals surface area (Å²) in [5.41, 5.74) is 0.189. The standard InChI is InChI=1S/C18H25NO3/c1-2-22-13-17(20)19-11-14-7-6-10-18(21,16(14)12-19)15-8-4-3-5-9-15/h3-5,8-9,14,16,21H,2,6-7,10-13H2,1H3/t14-,16+,18+/m0/s1. The molecule has 1 N–H and O–H groups in total. The van der Waals surface area contributed by atoms with Crippen LogP contribution < -0.4 is 0 Å². The lowest BCUT2D eigenvalue weighted by atomic mass is 9.67. The lowest BCUT2D eigenvalue weighted by Crippen LogP contribution is -2.43. The van der Waals surface area contributed by atoms with Crippen LogP contribution in [0.5, 0.6) is 0 Å². The Morgan fingerprint density at radius 1 is 1.36 bits per heavy atom. The fraction of sp³-hybridized carbons (Fsp3) is 0.611. The summed E-state index contributed by atoms with van der Waals surface area (Å²) in [6.07, 6.45) is 2.89. The van der Waals surface area contributed by atoms with E-state index in [-0.39, 0.29) is 18.4 Å². The Morgan fingerprint density at radius 3 is 2.86 bits per heavy atom. The summed E-state index contributed by atoms with van der Waals surface area (Å²) in [6.45, 7) is 4.00. The molecule has 1 heterocycles. The van der Waals surface area contributed by atoms with Crippen LogP contribution in [0.3, 0.4) is 0 Å². The molecule has 0 radical (unpaired) electrons. The molecule has 1 amide bonds. The third-order valence-electron chi connectivity index (χ3n) is 5.24. The maximum Gasteiger partial charge on any atom is 0.248 e. The zero-order valence-electron chi connectivity index (χ0n) is 13.2. The van der Waals surface area contributed by atoms with Gasteiger partial charge in [-0.2, -0.15) is 0 Å². The largest absolute Gasteiger partial charge is 0.385 e. The van der Waals surface area contributed by atoms with Gasteiger partial charge in [0.05, 0.1) is 5.60 Å². The van der Waals surface area contributed by atoms with E-state index >= 15 is 0 Å². The monoisotopic (exact) mass is 303 g/mol. The summed E-state index contributed by atoms with van der Waals surface area (Å²) in [4.78, 5) is 14.1. The second-order valence-corrected chi connectivity index (χ2v) is 6.48. The Morgan fingerprint density at radius 2 is 2.14 bits per heavy atom. The summed E-state index contributed by atoms with van der Waals surface area (Å²) in [5.74, 6) is 0.574. The van der Waals surface area contributed by atoms with Crippen LogP contribution in [0, 0.1) is 11.8 Å². The average Bonchev–Trinajstić information content (AvgIpc) is 2.99. The summed E-state index contributed by atoms with van der Waals surface area (Å²) < 4.78 is 5.24. The number of amides is 1. The molecule has 1 aliphatic heterocycles. The van der Waals surface area contributed by atoms with E-state index in [0.717, 1.165) is 31.4 Å². The number of carbonyl (C=O) groups excluding carboxylic acids is 1. The van der Waals surface area contributed by atoms with E-state index in [0.29, 0.717) is 19.1 Å². The fourth-order valence-corrected chi connectivity index (χ4v) is 4.09. The van der Waals surface area contributed by atoms with Gasteiger partial charge in [0.2, 0.25) is 5.91 Å². The first-order valence-corrected chi connectivity index (χ1v) is 8.28. The van der Waals surface area contributed by atoms with Gasteiger partial charge in [-0.05, 0) is 37.7 Å². The van der Waals surface area contributed by atoms with Crippen molar-refractivity contribution in [2.24, 2.45) is 11.8 Å². The highest BCUT2D eigenvalue weighted by atomic mass is 16.5. The maximum atomic E-state index is 12.2. The van der Waals surface area contributed by atoms with Gasteiger partial charge in [0, 0.05) is 25.6 Å². The number of carbonyl (C=O) groups is 1. The third kappa shape index (κ3) is 2.77. The smallest absolute Gasteiger partial charge is 0.248 e. The summed E-state index contributed by atoms with van der Waals surface area (Å²) in [7, 11) is 0. The number of nitrogens with zero attached hydrogens (tertiary/aromatic N) is 1. The van der Waals surface area contributed by atoms with Gasteiger partial charge in [-0.15, -0.1) is 0 Å². The predicted molar refractivity (Wildman–Crippen MR) is 84.2 cm³/mol.